The second-order valence-electron chi connectivity index (χ2n) is 4.26. The molecule has 0 bridgehead atoms. The SMILES string of the molecule is O=C(CCOc1cc(F)ccc1[N+](=O)[O-])c1ccccc1. The number of rotatable bonds is 6. The summed E-state index contributed by atoms with van der Waals surface area (Å²) < 4.78 is 18.3. The Labute approximate surface area is 120 Å². The number of nitrogens with zero attached hydrogens (tertiary/aromatic N) is 1. The molecule has 0 aliphatic carbocycles. The Morgan fingerprint density at radius 2 is 1.90 bits per heavy atom. The minimum absolute atomic E-state index is 0.0533. The number of carbonyl (C=O) groups excluding carboxylic acids is 1. The van der Waals surface area contributed by atoms with Crippen LogP contribution in [0.15, 0.2) is 48.5 Å². The molecule has 0 N–H and O–H groups in total. The van der Waals surface area contributed by atoms with Gasteiger partial charge < -0.3 is 4.74 Å². The highest BCUT2D eigenvalue weighted by molar-refractivity contribution is 5.96. The first kappa shape index (κ1) is 14.6. The number of halogens is 1. The van der Waals surface area contributed by atoms with Gasteiger partial charge in [0.15, 0.2) is 11.5 Å². The number of carbonyl (C=O) groups is 1. The molecule has 0 heterocycles. The summed E-state index contributed by atoms with van der Waals surface area (Å²) in [6, 6.07) is 11.6. The average molecular weight is 289 g/mol. The van der Waals surface area contributed by atoms with E-state index < -0.39 is 10.7 Å². The fourth-order valence-corrected chi connectivity index (χ4v) is 1.78. The second kappa shape index (κ2) is 6.60. The number of ether oxygens (including phenoxy) is 1. The molecule has 0 atom stereocenters. The fraction of sp³-hybridized carbons (Fsp3) is 0.133. The first-order valence-corrected chi connectivity index (χ1v) is 6.23. The summed E-state index contributed by atoms with van der Waals surface area (Å²) in [7, 11) is 0. The first-order chi connectivity index (χ1) is 10.1. The molecule has 6 heteroatoms. The molecule has 0 aromatic heterocycles. The molecule has 0 fully saturated rings. The smallest absolute Gasteiger partial charge is 0.311 e. The highest BCUT2D eigenvalue weighted by atomic mass is 19.1. The van der Waals surface area contributed by atoms with E-state index in [-0.39, 0.29) is 30.2 Å². The van der Waals surface area contributed by atoms with Crippen molar-refractivity contribution in [3.63, 3.8) is 0 Å². The zero-order chi connectivity index (χ0) is 15.2. The van der Waals surface area contributed by atoms with Crippen LogP contribution in [0, 0.1) is 15.9 Å². The third kappa shape index (κ3) is 3.85. The van der Waals surface area contributed by atoms with Gasteiger partial charge in [-0.25, -0.2) is 4.39 Å². The van der Waals surface area contributed by atoms with Crippen molar-refractivity contribution in [2.45, 2.75) is 6.42 Å². The topological polar surface area (TPSA) is 69.4 Å². The normalized spacial score (nSPS) is 10.1. The van der Waals surface area contributed by atoms with Gasteiger partial charge in [0.25, 0.3) is 0 Å². The van der Waals surface area contributed by atoms with Crippen LogP contribution in [0.5, 0.6) is 5.75 Å². The molecular weight excluding hydrogens is 277 g/mol. The van der Waals surface area contributed by atoms with Gasteiger partial charge in [-0.1, -0.05) is 30.3 Å². The summed E-state index contributed by atoms with van der Waals surface area (Å²) in [6.45, 7) is -0.0575. The van der Waals surface area contributed by atoms with Crippen LogP contribution in [0.1, 0.15) is 16.8 Å². The predicted molar refractivity (Wildman–Crippen MR) is 73.9 cm³/mol. The van der Waals surface area contributed by atoms with Gasteiger partial charge in [0, 0.05) is 24.1 Å². The summed E-state index contributed by atoms with van der Waals surface area (Å²) in [5.74, 6) is -0.958. The Morgan fingerprint density at radius 3 is 2.57 bits per heavy atom. The summed E-state index contributed by atoms with van der Waals surface area (Å²) in [4.78, 5) is 22.0. The number of nitro groups is 1. The molecular formula is C15H12FNO4. The summed E-state index contributed by atoms with van der Waals surface area (Å²) >= 11 is 0. The van der Waals surface area contributed by atoms with E-state index in [1.165, 1.54) is 0 Å². The molecule has 21 heavy (non-hydrogen) atoms. The van der Waals surface area contributed by atoms with E-state index in [0.29, 0.717) is 5.56 Å². The minimum Gasteiger partial charge on any atom is -0.486 e. The fourth-order valence-electron chi connectivity index (χ4n) is 1.78. The highest BCUT2D eigenvalue weighted by Gasteiger charge is 2.16. The Morgan fingerprint density at radius 1 is 1.19 bits per heavy atom. The Kier molecular flexibility index (Phi) is 4.61. The van der Waals surface area contributed by atoms with Crippen LogP contribution in [0.4, 0.5) is 10.1 Å². The second-order valence-corrected chi connectivity index (χ2v) is 4.26. The Balaban J connectivity index is 1.99. The molecule has 0 aliphatic heterocycles. The van der Waals surface area contributed by atoms with E-state index in [2.05, 4.69) is 0 Å². The van der Waals surface area contributed by atoms with Gasteiger partial charge in [-0.3, -0.25) is 14.9 Å². The standard InChI is InChI=1S/C15H12FNO4/c16-12-6-7-13(17(19)20)15(10-12)21-9-8-14(18)11-4-2-1-3-5-11/h1-7,10H,8-9H2. The van der Waals surface area contributed by atoms with Crippen molar-refractivity contribution in [2.75, 3.05) is 6.61 Å². The van der Waals surface area contributed by atoms with E-state index >= 15 is 0 Å². The van der Waals surface area contributed by atoms with Gasteiger partial charge >= 0.3 is 5.69 Å². The van der Waals surface area contributed by atoms with Crippen LogP contribution in [-0.4, -0.2) is 17.3 Å². The third-order valence-electron chi connectivity index (χ3n) is 2.80. The number of Topliss-reactive ketones (excluding diaryl/α,β-unsaturated/α-hetero) is 1. The number of hydrogen-bond donors (Lipinski definition) is 0. The molecule has 0 aliphatic rings. The number of hydrogen-bond acceptors (Lipinski definition) is 4. The maximum absolute atomic E-state index is 13.1. The van der Waals surface area contributed by atoms with Crippen molar-refractivity contribution in [3.05, 3.63) is 70.0 Å². The molecule has 0 saturated carbocycles. The molecule has 5 nitrogen and oxygen atoms in total. The lowest BCUT2D eigenvalue weighted by atomic mass is 10.1. The summed E-state index contributed by atoms with van der Waals surface area (Å²) in [5, 5.41) is 10.8. The lowest BCUT2D eigenvalue weighted by molar-refractivity contribution is -0.385. The van der Waals surface area contributed by atoms with E-state index in [9.17, 15) is 19.3 Å². The monoisotopic (exact) mass is 289 g/mol. The van der Waals surface area contributed by atoms with Gasteiger partial charge in [0.2, 0.25) is 0 Å². The zero-order valence-corrected chi connectivity index (χ0v) is 11.0. The van der Waals surface area contributed by atoms with E-state index in [0.717, 1.165) is 18.2 Å². The minimum atomic E-state index is -0.659. The molecule has 108 valence electrons. The van der Waals surface area contributed by atoms with Gasteiger partial charge in [-0.2, -0.15) is 0 Å². The molecule has 2 aromatic carbocycles. The molecule has 0 radical (unpaired) electrons. The number of benzene rings is 2. The predicted octanol–water partition coefficient (Wildman–Crippen LogP) is 3.39. The van der Waals surface area contributed by atoms with Gasteiger partial charge in [-0.15, -0.1) is 0 Å². The maximum atomic E-state index is 13.1. The third-order valence-corrected chi connectivity index (χ3v) is 2.80. The average Bonchev–Trinajstić information content (AvgIpc) is 2.48. The molecule has 0 unspecified atom stereocenters. The van der Waals surface area contributed by atoms with Crippen molar-refractivity contribution in [1.82, 2.24) is 0 Å². The van der Waals surface area contributed by atoms with E-state index in [4.69, 9.17) is 4.74 Å². The van der Waals surface area contributed by atoms with Crippen LogP contribution >= 0.6 is 0 Å². The van der Waals surface area contributed by atoms with Crippen molar-refractivity contribution >= 4 is 11.5 Å². The largest absolute Gasteiger partial charge is 0.486 e. The Hall–Kier alpha value is -2.76. The van der Waals surface area contributed by atoms with Crippen LogP contribution in [0.3, 0.4) is 0 Å². The van der Waals surface area contributed by atoms with Gasteiger partial charge in [0.05, 0.1) is 11.5 Å². The highest BCUT2D eigenvalue weighted by Crippen LogP contribution is 2.27. The zero-order valence-electron chi connectivity index (χ0n) is 11.0. The van der Waals surface area contributed by atoms with E-state index in [1.54, 1.807) is 30.3 Å². The Bertz CT molecular complexity index is 658. The van der Waals surface area contributed by atoms with Gasteiger partial charge in [-0.05, 0) is 6.07 Å². The van der Waals surface area contributed by atoms with Crippen molar-refractivity contribution in [3.8, 4) is 5.75 Å². The quantitative estimate of drug-likeness (QED) is 0.464. The van der Waals surface area contributed by atoms with Crippen LogP contribution in [0.2, 0.25) is 0 Å². The van der Waals surface area contributed by atoms with Crippen LogP contribution in [-0.2, 0) is 0 Å². The number of nitro benzene ring substituents is 1. The molecule has 0 spiro atoms. The van der Waals surface area contributed by atoms with Crippen molar-refractivity contribution < 1.29 is 18.8 Å². The number of ketones is 1. The van der Waals surface area contributed by atoms with Crippen molar-refractivity contribution in [1.29, 1.82) is 0 Å². The molecule has 2 rings (SSSR count). The van der Waals surface area contributed by atoms with Crippen molar-refractivity contribution in [2.24, 2.45) is 0 Å². The lowest BCUT2D eigenvalue weighted by Crippen LogP contribution is -2.07. The summed E-state index contributed by atoms with van der Waals surface area (Å²) in [6.07, 6.45) is 0.0533. The molecule has 0 saturated heterocycles. The molecule has 0 amide bonds. The van der Waals surface area contributed by atoms with Gasteiger partial charge in [0.1, 0.15) is 5.82 Å². The molecule has 2 aromatic rings. The summed E-state index contributed by atoms with van der Waals surface area (Å²) in [5.41, 5.74) is 0.207. The first-order valence-electron chi connectivity index (χ1n) is 6.23. The van der Waals surface area contributed by atoms with E-state index in [1.807, 2.05) is 0 Å². The van der Waals surface area contributed by atoms with Crippen LogP contribution < -0.4 is 4.74 Å². The maximum Gasteiger partial charge on any atom is 0.311 e. The van der Waals surface area contributed by atoms with Crippen LogP contribution in [0.25, 0.3) is 0 Å². The lowest BCUT2D eigenvalue weighted by Gasteiger charge is -2.06.